The van der Waals surface area contributed by atoms with E-state index in [2.05, 4.69) is 60.6 Å². The Bertz CT molecular complexity index is 367. The Hall–Kier alpha value is -0.790. The molecule has 0 aliphatic rings. The van der Waals surface area contributed by atoms with Crippen molar-refractivity contribution in [3.8, 4) is 0 Å². The Balaban J connectivity index is 4.92. The lowest BCUT2D eigenvalue weighted by molar-refractivity contribution is -0.127. The molecule has 0 saturated carbocycles. The van der Waals surface area contributed by atoms with Crippen LogP contribution in [0.3, 0.4) is 0 Å². The van der Waals surface area contributed by atoms with E-state index in [-0.39, 0.29) is 16.7 Å². The van der Waals surface area contributed by atoms with E-state index < -0.39 is 5.41 Å². The summed E-state index contributed by atoms with van der Waals surface area (Å²) in [4.78, 5) is 11.5. The molecule has 0 aromatic carbocycles. The summed E-state index contributed by atoms with van der Waals surface area (Å²) >= 11 is 0. The molecule has 0 unspecified atom stereocenters. The lowest BCUT2D eigenvalue weighted by atomic mass is 9.71. The molecule has 0 aromatic rings. The first kappa shape index (κ1) is 19.2. The lowest BCUT2D eigenvalue weighted by Gasteiger charge is -2.33. The number of rotatable bonds is 6. The zero-order valence-electron chi connectivity index (χ0n) is 15.1. The summed E-state index contributed by atoms with van der Waals surface area (Å²) in [6.07, 6.45) is 6.45. The van der Waals surface area contributed by atoms with E-state index in [9.17, 15) is 4.79 Å². The van der Waals surface area contributed by atoms with Crippen LogP contribution in [-0.2, 0) is 4.79 Å². The number of carbonyl (C=O) groups is 1. The van der Waals surface area contributed by atoms with Gasteiger partial charge in [0.15, 0.2) is 0 Å². The summed E-state index contributed by atoms with van der Waals surface area (Å²) in [5, 5.41) is 0. The molecule has 0 aliphatic heterocycles. The average molecular weight is 281 g/mol. The van der Waals surface area contributed by atoms with Gasteiger partial charge in [0, 0.05) is 5.41 Å². The number of hydrogen-bond acceptors (Lipinski definition) is 1. The Morgan fingerprint density at radius 2 is 1.15 bits per heavy atom. The van der Waals surface area contributed by atoms with Crippen molar-refractivity contribution in [2.45, 2.75) is 75.2 Å². The average Bonchev–Trinajstić information content (AvgIpc) is 2.09. The number of nitrogens with two attached hydrogens (primary N) is 1. The van der Waals surface area contributed by atoms with Crippen molar-refractivity contribution in [1.82, 2.24) is 0 Å². The summed E-state index contributed by atoms with van der Waals surface area (Å²) < 4.78 is 0. The van der Waals surface area contributed by atoms with Gasteiger partial charge in [-0.05, 0) is 29.1 Å². The van der Waals surface area contributed by atoms with Crippen LogP contribution in [0.25, 0.3) is 0 Å². The van der Waals surface area contributed by atoms with Crippen LogP contribution in [-0.4, -0.2) is 5.91 Å². The quantitative estimate of drug-likeness (QED) is 0.689. The first-order chi connectivity index (χ1) is 8.56. The van der Waals surface area contributed by atoms with Crippen molar-refractivity contribution in [1.29, 1.82) is 0 Å². The van der Waals surface area contributed by atoms with Crippen molar-refractivity contribution in [3.05, 3.63) is 12.2 Å². The SMILES string of the molecule is CC(C)(C)CC(C)(C)/C=C\C(C)(C)CC(C)(C)C(N)=O. The second kappa shape index (κ2) is 5.91. The van der Waals surface area contributed by atoms with E-state index in [1.54, 1.807) is 0 Å². The van der Waals surface area contributed by atoms with E-state index in [1.165, 1.54) is 0 Å². The normalized spacial score (nSPS) is 14.8. The third kappa shape index (κ3) is 7.72. The fraction of sp³-hybridized carbons (Fsp3) is 0.833. The molecule has 0 saturated heterocycles. The van der Waals surface area contributed by atoms with E-state index >= 15 is 0 Å². The number of hydrogen-bond donors (Lipinski definition) is 1. The summed E-state index contributed by atoms with van der Waals surface area (Å²) in [6, 6.07) is 0. The summed E-state index contributed by atoms with van der Waals surface area (Å²) in [5.41, 5.74) is 5.44. The fourth-order valence-corrected chi connectivity index (χ4v) is 3.16. The molecule has 2 nitrogen and oxygen atoms in total. The monoisotopic (exact) mass is 281 g/mol. The first-order valence-corrected chi connectivity index (χ1v) is 7.57. The maximum atomic E-state index is 11.5. The van der Waals surface area contributed by atoms with E-state index in [1.807, 2.05) is 13.8 Å². The molecule has 0 heterocycles. The molecule has 20 heavy (non-hydrogen) atoms. The van der Waals surface area contributed by atoms with Crippen LogP contribution >= 0.6 is 0 Å². The third-order valence-corrected chi connectivity index (χ3v) is 3.54. The molecule has 0 spiro atoms. The van der Waals surface area contributed by atoms with Gasteiger partial charge in [-0.25, -0.2) is 0 Å². The van der Waals surface area contributed by atoms with E-state index in [4.69, 9.17) is 5.73 Å². The van der Waals surface area contributed by atoms with Gasteiger partial charge >= 0.3 is 0 Å². The summed E-state index contributed by atoms with van der Waals surface area (Å²) in [5.74, 6) is -0.229. The number of allylic oxidation sites excluding steroid dienone is 2. The molecule has 0 aliphatic carbocycles. The van der Waals surface area contributed by atoms with Crippen molar-refractivity contribution >= 4 is 5.91 Å². The Morgan fingerprint density at radius 3 is 1.45 bits per heavy atom. The molecular weight excluding hydrogens is 246 g/mol. The molecule has 0 bridgehead atoms. The van der Waals surface area contributed by atoms with Crippen LogP contribution in [0, 0.1) is 21.7 Å². The van der Waals surface area contributed by atoms with Gasteiger partial charge in [-0.2, -0.15) is 0 Å². The van der Waals surface area contributed by atoms with E-state index in [0.717, 1.165) is 12.8 Å². The van der Waals surface area contributed by atoms with Crippen molar-refractivity contribution < 1.29 is 4.79 Å². The van der Waals surface area contributed by atoms with Gasteiger partial charge in [-0.15, -0.1) is 0 Å². The first-order valence-electron chi connectivity index (χ1n) is 7.57. The van der Waals surface area contributed by atoms with Gasteiger partial charge in [0.25, 0.3) is 0 Å². The molecule has 0 rings (SSSR count). The van der Waals surface area contributed by atoms with Crippen LogP contribution < -0.4 is 5.73 Å². The molecule has 0 radical (unpaired) electrons. The summed E-state index contributed by atoms with van der Waals surface area (Å²) in [7, 11) is 0. The predicted molar refractivity (Wildman–Crippen MR) is 88.4 cm³/mol. The van der Waals surface area contributed by atoms with Gasteiger partial charge in [-0.1, -0.05) is 74.5 Å². The molecule has 1 amide bonds. The van der Waals surface area contributed by atoms with Crippen molar-refractivity contribution in [2.24, 2.45) is 27.4 Å². The lowest BCUT2D eigenvalue weighted by Crippen LogP contribution is -2.35. The highest BCUT2D eigenvalue weighted by Gasteiger charge is 2.32. The third-order valence-electron chi connectivity index (χ3n) is 3.54. The predicted octanol–water partition coefficient (Wildman–Crippen LogP) is 4.93. The second-order valence-corrected chi connectivity index (χ2v) is 9.47. The Morgan fingerprint density at radius 1 is 0.800 bits per heavy atom. The van der Waals surface area contributed by atoms with E-state index in [0.29, 0.717) is 5.41 Å². The molecular formula is C18H35NO. The molecule has 0 fully saturated rings. The Labute approximate surface area is 126 Å². The molecule has 2 heteroatoms. The minimum Gasteiger partial charge on any atom is -0.369 e. The fourth-order valence-electron chi connectivity index (χ4n) is 3.16. The van der Waals surface area contributed by atoms with Gasteiger partial charge in [0.05, 0.1) is 0 Å². The molecule has 118 valence electrons. The Kier molecular flexibility index (Phi) is 5.68. The zero-order valence-corrected chi connectivity index (χ0v) is 15.1. The maximum Gasteiger partial charge on any atom is 0.223 e. The number of amides is 1. The topological polar surface area (TPSA) is 43.1 Å². The molecule has 0 aromatic heterocycles. The van der Waals surface area contributed by atoms with Gasteiger partial charge in [-0.3, -0.25) is 4.79 Å². The van der Waals surface area contributed by atoms with Crippen LogP contribution in [0.5, 0.6) is 0 Å². The smallest absolute Gasteiger partial charge is 0.223 e. The molecule has 0 atom stereocenters. The van der Waals surface area contributed by atoms with Gasteiger partial charge in [0.1, 0.15) is 0 Å². The maximum absolute atomic E-state index is 11.5. The minimum absolute atomic E-state index is 0.0340. The van der Waals surface area contributed by atoms with Crippen LogP contribution in [0.1, 0.15) is 75.2 Å². The van der Waals surface area contributed by atoms with Crippen molar-refractivity contribution in [2.75, 3.05) is 0 Å². The highest BCUT2D eigenvalue weighted by Crippen LogP contribution is 2.38. The zero-order chi connectivity index (χ0) is 16.4. The largest absolute Gasteiger partial charge is 0.369 e. The van der Waals surface area contributed by atoms with Crippen molar-refractivity contribution in [3.63, 3.8) is 0 Å². The summed E-state index contributed by atoms with van der Waals surface area (Å²) in [6.45, 7) is 19.5. The van der Waals surface area contributed by atoms with Crippen LogP contribution in [0.4, 0.5) is 0 Å². The molecule has 2 N–H and O–H groups in total. The minimum atomic E-state index is -0.470. The highest BCUT2D eigenvalue weighted by atomic mass is 16.1. The van der Waals surface area contributed by atoms with Crippen LogP contribution in [0.15, 0.2) is 12.2 Å². The van der Waals surface area contributed by atoms with Crippen LogP contribution in [0.2, 0.25) is 0 Å². The van der Waals surface area contributed by atoms with Gasteiger partial charge in [0.2, 0.25) is 5.91 Å². The highest BCUT2D eigenvalue weighted by molar-refractivity contribution is 5.79. The number of carbonyl (C=O) groups excluding carboxylic acids is 1. The van der Waals surface area contributed by atoms with Gasteiger partial charge < -0.3 is 5.73 Å². The number of primary amides is 1. The standard InChI is InChI=1S/C18H35NO/c1-15(2,3)12-16(4,5)10-11-17(6,7)13-18(8,9)14(19)20/h10-11H,12-13H2,1-9H3,(H2,19,20)/b11-10-. The second-order valence-electron chi connectivity index (χ2n) is 9.47.